The summed E-state index contributed by atoms with van der Waals surface area (Å²) in [6.07, 6.45) is 4.29. The van der Waals surface area contributed by atoms with Crippen LogP contribution in [0.25, 0.3) is 0 Å². The van der Waals surface area contributed by atoms with Crippen LogP contribution in [0, 0.1) is 6.92 Å². The molecule has 18 heavy (non-hydrogen) atoms. The molecule has 0 amide bonds. The first-order valence-electron chi connectivity index (χ1n) is 6.55. The summed E-state index contributed by atoms with van der Waals surface area (Å²) in [5, 5.41) is 0. The molecule has 2 aromatic rings. The SMILES string of the molecule is CCN(CC[n+]1ccc(C)cc1)c1ccccc1. The smallest absolute Gasteiger partial charge is 0.169 e. The van der Waals surface area contributed by atoms with E-state index in [1.807, 2.05) is 0 Å². The minimum atomic E-state index is 1.02. The first-order chi connectivity index (χ1) is 8.79. The molecule has 0 atom stereocenters. The number of para-hydroxylation sites is 1. The molecule has 1 aromatic heterocycles. The van der Waals surface area contributed by atoms with E-state index in [0.717, 1.165) is 19.6 Å². The summed E-state index contributed by atoms with van der Waals surface area (Å²) in [7, 11) is 0. The van der Waals surface area contributed by atoms with Crippen molar-refractivity contribution in [1.29, 1.82) is 0 Å². The van der Waals surface area contributed by atoms with Crippen LogP contribution in [0.3, 0.4) is 0 Å². The minimum absolute atomic E-state index is 1.02. The van der Waals surface area contributed by atoms with Gasteiger partial charge in [-0.05, 0) is 31.5 Å². The Morgan fingerprint density at radius 3 is 2.28 bits per heavy atom. The van der Waals surface area contributed by atoms with E-state index in [1.54, 1.807) is 0 Å². The number of pyridine rings is 1. The fraction of sp³-hybridized carbons (Fsp3) is 0.312. The second-order valence-electron chi connectivity index (χ2n) is 4.53. The number of anilines is 1. The third kappa shape index (κ3) is 3.33. The highest BCUT2D eigenvalue weighted by Crippen LogP contribution is 2.11. The number of likely N-dealkylation sites (N-methyl/N-ethyl adjacent to an activating group) is 1. The van der Waals surface area contributed by atoms with E-state index in [0.29, 0.717) is 0 Å². The molecule has 2 nitrogen and oxygen atoms in total. The summed E-state index contributed by atoms with van der Waals surface area (Å²) in [6, 6.07) is 14.9. The Kier molecular flexibility index (Phi) is 4.35. The molecule has 0 saturated carbocycles. The lowest BCUT2D eigenvalue weighted by molar-refractivity contribution is -0.694. The Morgan fingerprint density at radius 2 is 1.67 bits per heavy atom. The molecule has 0 aliphatic heterocycles. The zero-order chi connectivity index (χ0) is 12.8. The van der Waals surface area contributed by atoms with Crippen LogP contribution in [0.15, 0.2) is 54.9 Å². The van der Waals surface area contributed by atoms with E-state index < -0.39 is 0 Å². The Morgan fingerprint density at radius 1 is 1.00 bits per heavy atom. The van der Waals surface area contributed by atoms with Crippen molar-refractivity contribution in [3.8, 4) is 0 Å². The number of aromatic nitrogens is 1. The van der Waals surface area contributed by atoms with Gasteiger partial charge in [-0.25, -0.2) is 4.57 Å². The molecule has 1 heterocycles. The number of nitrogens with zero attached hydrogens (tertiary/aromatic N) is 2. The average molecular weight is 241 g/mol. The van der Waals surface area contributed by atoms with Crippen molar-refractivity contribution in [3.05, 3.63) is 60.4 Å². The highest BCUT2D eigenvalue weighted by molar-refractivity contribution is 5.45. The van der Waals surface area contributed by atoms with Gasteiger partial charge in [0.05, 0.1) is 6.54 Å². The maximum atomic E-state index is 2.40. The Bertz CT molecular complexity index is 462. The monoisotopic (exact) mass is 241 g/mol. The van der Waals surface area contributed by atoms with Crippen molar-refractivity contribution in [2.45, 2.75) is 20.4 Å². The molecule has 94 valence electrons. The molecule has 0 aliphatic rings. The first-order valence-corrected chi connectivity index (χ1v) is 6.55. The molecule has 0 aliphatic carbocycles. The van der Waals surface area contributed by atoms with Crippen molar-refractivity contribution < 1.29 is 4.57 Å². The van der Waals surface area contributed by atoms with Crippen LogP contribution in [0.5, 0.6) is 0 Å². The molecule has 0 unspecified atom stereocenters. The number of benzene rings is 1. The lowest BCUT2D eigenvalue weighted by Crippen LogP contribution is -2.40. The first kappa shape index (κ1) is 12.6. The number of hydrogen-bond acceptors (Lipinski definition) is 1. The fourth-order valence-corrected chi connectivity index (χ4v) is 2.03. The number of aryl methyl sites for hydroxylation is 1. The van der Waals surface area contributed by atoms with E-state index in [-0.39, 0.29) is 0 Å². The van der Waals surface area contributed by atoms with Gasteiger partial charge >= 0.3 is 0 Å². The second kappa shape index (κ2) is 6.20. The van der Waals surface area contributed by atoms with Crippen LogP contribution in [-0.2, 0) is 6.54 Å². The zero-order valence-corrected chi connectivity index (χ0v) is 11.2. The molecule has 0 spiro atoms. The van der Waals surface area contributed by atoms with Crippen LogP contribution in [-0.4, -0.2) is 13.1 Å². The third-order valence-electron chi connectivity index (χ3n) is 3.19. The summed E-state index contributed by atoms with van der Waals surface area (Å²) in [4.78, 5) is 2.40. The van der Waals surface area contributed by atoms with E-state index in [4.69, 9.17) is 0 Å². The molecule has 2 heteroatoms. The van der Waals surface area contributed by atoms with Crippen LogP contribution in [0.4, 0.5) is 5.69 Å². The Balaban J connectivity index is 1.97. The van der Waals surface area contributed by atoms with Gasteiger partial charge in [-0.15, -0.1) is 0 Å². The lowest BCUT2D eigenvalue weighted by atomic mass is 10.3. The molecule has 1 aromatic carbocycles. The van der Waals surface area contributed by atoms with Crippen molar-refractivity contribution in [2.75, 3.05) is 18.0 Å². The van der Waals surface area contributed by atoms with Gasteiger partial charge in [0.25, 0.3) is 0 Å². The van der Waals surface area contributed by atoms with Crippen molar-refractivity contribution in [3.63, 3.8) is 0 Å². The maximum absolute atomic E-state index is 2.40. The van der Waals surface area contributed by atoms with Gasteiger partial charge in [-0.2, -0.15) is 0 Å². The minimum Gasteiger partial charge on any atom is -0.365 e. The second-order valence-corrected chi connectivity index (χ2v) is 4.53. The van der Waals surface area contributed by atoms with Crippen LogP contribution in [0.2, 0.25) is 0 Å². The lowest BCUT2D eigenvalue weighted by Gasteiger charge is -2.21. The summed E-state index contributed by atoms with van der Waals surface area (Å²) >= 11 is 0. The predicted octanol–water partition coefficient (Wildman–Crippen LogP) is 2.81. The highest BCUT2D eigenvalue weighted by atomic mass is 15.1. The Labute approximate surface area is 110 Å². The molecule has 0 radical (unpaired) electrons. The van der Waals surface area contributed by atoms with E-state index >= 15 is 0 Å². The molecule has 0 N–H and O–H groups in total. The average Bonchev–Trinajstić information content (AvgIpc) is 2.43. The van der Waals surface area contributed by atoms with E-state index in [1.165, 1.54) is 11.3 Å². The van der Waals surface area contributed by atoms with Crippen LogP contribution < -0.4 is 9.47 Å². The van der Waals surface area contributed by atoms with Gasteiger partial charge in [0.2, 0.25) is 0 Å². The zero-order valence-electron chi connectivity index (χ0n) is 11.2. The highest BCUT2D eigenvalue weighted by Gasteiger charge is 2.06. The van der Waals surface area contributed by atoms with Gasteiger partial charge in [-0.1, -0.05) is 18.2 Å². The largest absolute Gasteiger partial charge is 0.365 e. The van der Waals surface area contributed by atoms with E-state index in [9.17, 15) is 0 Å². The van der Waals surface area contributed by atoms with Crippen LogP contribution >= 0.6 is 0 Å². The third-order valence-corrected chi connectivity index (χ3v) is 3.19. The van der Waals surface area contributed by atoms with E-state index in [2.05, 4.69) is 78.2 Å². The van der Waals surface area contributed by atoms with Crippen molar-refractivity contribution >= 4 is 5.69 Å². The standard InChI is InChI=1S/C16H21N2/c1-3-18(16-7-5-4-6-8-16)14-13-17-11-9-15(2)10-12-17/h4-12H,3,13-14H2,1-2H3/q+1. The molecule has 0 bridgehead atoms. The van der Waals surface area contributed by atoms with Gasteiger partial charge in [-0.3, -0.25) is 0 Å². The molecular formula is C16H21N2+. The summed E-state index contributed by atoms with van der Waals surface area (Å²) in [5.74, 6) is 0. The van der Waals surface area contributed by atoms with Crippen molar-refractivity contribution in [2.24, 2.45) is 0 Å². The predicted molar refractivity (Wildman–Crippen MR) is 75.7 cm³/mol. The van der Waals surface area contributed by atoms with Crippen LogP contribution in [0.1, 0.15) is 12.5 Å². The maximum Gasteiger partial charge on any atom is 0.169 e. The number of rotatable bonds is 5. The normalized spacial score (nSPS) is 10.3. The molecule has 0 fully saturated rings. The summed E-state index contributed by atoms with van der Waals surface area (Å²) in [5.41, 5.74) is 2.61. The summed E-state index contributed by atoms with van der Waals surface area (Å²) in [6.45, 7) is 7.41. The van der Waals surface area contributed by atoms with Gasteiger partial charge < -0.3 is 4.90 Å². The fourth-order valence-electron chi connectivity index (χ4n) is 2.03. The quantitative estimate of drug-likeness (QED) is 0.730. The molecule has 0 saturated heterocycles. The van der Waals surface area contributed by atoms with Gasteiger partial charge in [0, 0.05) is 24.4 Å². The molecule has 2 rings (SSSR count). The number of hydrogen-bond donors (Lipinski definition) is 0. The topological polar surface area (TPSA) is 7.12 Å². The summed E-state index contributed by atoms with van der Waals surface area (Å²) < 4.78 is 2.23. The van der Waals surface area contributed by atoms with Crippen molar-refractivity contribution in [1.82, 2.24) is 0 Å². The Hall–Kier alpha value is -1.83. The van der Waals surface area contributed by atoms with Gasteiger partial charge in [0.1, 0.15) is 0 Å². The molecular weight excluding hydrogens is 220 g/mol. The van der Waals surface area contributed by atoms with Gasteiger partial charge in [0.15, 0.2) is 18.9 Å².